The van der Waals surface area contributed by atoms with E-state index in [2.05, 4.69) is 28.8 Å². The van der Waals surface area contributed by atoms with Crippen LogP contribution in [0.4, 0.5) is 5.82 Å². The Morgan fingerprint density at radius 1 is 1.18 bits per heavy atom. The molecule has 21 heteroatoms. The van der Waals surface area contributed by atoms with Crippen LogP contribution in [-0.4, -0.2) is 87.1 Å². The molecule has 0 aromatic carbocycles. The van der Waals surface area contributed by atoms with Crippen molar-refractivity contribution in [3.63, 3.8) is 0 Å². The average molecular weight is 596 g/mol. The van der Waals surface area contributed by atoms with Crippen molar-refractivity contribution >= 4 is 49.9 Å². The minimum Gasteiger partial charge on any atom is -0.476 e. The van der Waals surface area contributed by atoms with Gasteiger partial charge in [0, 0.05) is 11.3 Å². The zero-order valence-electron chi connectivity index (χ0n) is 19.3. The highest BCUT2D eigenvalue weighted by atomic mass is 32.1. The fourth-order valence-electron chi connectivity index (χ4n) is 3.50. The molecule has 2 unspecified atom stereocenters. The molecule has 7 N–H and O–H groups in total. The summed E-state index contributed by atoms with van der Waals surface area (Å²) in [6.45, 7) is 0.244. The van der Waals surface area contributed by atoms with Gasteiger partial charge in [0.15, 0.2) is 17.7 Å². The highest BCUT2D eigenvalue weighted by Crippen LogP contribution is 2.60. The number of aromatic nitrogens is 5. The zero-order valence-corrected chi connectivity index (χ0v) is 21.9. The molecule has 38 heavy (non-hydrogen) atoms. The van der Waals surface area contributed by atoms with E-state index in [1.165, 1.54) is 10.9 Å². The van der Waals surface area contributed by atoms with Gasteiger partial charge in [-0.05, 0) is 6.92 Å². The van der Waals surface area contributed by atoms with Gasteiger partial charge in [-0.2, -0.15) is 4.31 Å². The molecule has 3 aromatic rings. The second kappa shape index (κ2) is 11.0. The van der Waals surface area contributed by atoms with E-state index in [4.69, 9.17) is 20.1 Å². The number of hydrogen-bond donors (Lipinski definition) is 6. The molecule has 1 fully saturated rings. The van der Waals surface area contributed by atoms with E-state index < -0.39 is 59.4 Å². The second-order valence-corrected chi connectivity index (χ2v) is 12.0. The van der Waals surface area contributed by atoms with Crippen molar-refractivity contribution < 1.29 is 57.1 Å². The number of nitrogens with two attached hydrogens (primary N) is 1. The number of carboxylic acids is 1. The van der Waals surface area contributed by atoms with Crippen molar-refractivity contribution in [2.45, 2.75) is 37.9 Å². The van der Waals surface area contributed by atoms with Crippen LogP contribution in [0.2, 0.25) is 0 Å². The summed E-state index contributed by atoms with van der Waals surface area (Å²) in [6.07, 6.45) is -3.37. The fourth-order valence-corrected chi connectivity index (χ4v) is 6.46. The summed E-state index contributed by atoms with van der Waals surface area (Å²) in [4.78, 5) is 46.8. The van der Waals surface area contributed by atoms with E-state index in [0.29, 0.717) is 10.6 Å². The maximum absolute atomic E-state index is 12.2. The van der Waals surface area contributed by atoms with Crippen molar-refractivity contribution in [3.8, 4) is 0 Å². The maximum Gasteiger partial charge on any atom is 0.481 e. The van der Waals surface area contributed by atoms with Crippen LogP contribution in [0, 0.1) is 6.92 Å². The molecule has 0 amide bonds. The molecule has 3 aromatic heterocycles. The van der Waals surface area contributed by atoms with Crippen molar-refractivity contribution in [1.29, 1.82) is 0 Å². The number of imidazole rings is 1. The normalized spacial score (nSPS) is 24.9. The summed E-state index contributed by atoms with van der Waals surface area (Å²) >= 11 is 0.846. The lowest BCUT2D eigenvalue weighted by Gasteiger charge is -2.19. The fraction of sp³-hybridized carbons (Fsp3) is 0.471. The predicted molar refractivity (Wildman–Crippen MR) is 126 cm³/mol. The van der Waals surface area contributed by atoms with Gasteiger partial charge < -0.3 is 35.6 Å². The maximum atomic E-state index is 12.2. The first-order valence-corrected chi connectivity index (χ1v) is 14.4. The monoisotopic (exact) mass is 596 g/mol. The van der Waals surface area contributed by atoms with E-state index in [0.717, 1.165) is 17.7 Å². The second-order valence-electron chi connectivity index (χ2n) is 7.86. The minimum absolute atomic E-state index is 0.0256. The molecular weight excluding hydrogens is 574 g/mol. The van der Waals surface area contributed by atoms with Gasteiger partial charge >= 0.3 is 21.6 Å². The van der Waals surface area contributed by atoms with E-state index in [-0.39, 0.29) is 28.4 Å². The van der Waals surface area contributed by atoms with Crippen LogP contribution in [0.3, 0.4) is 0 Å². The number of phosphoric ester groups is 2. The standard InChI is InChI=1S/C17H22N6O12P2S/c1-7-9(38-15(22-7)17(26)27)2-3-32-36(28,29)35-37(30,31)33-4-8-11(24)12(25)16(34-8)23-6-21-10-13(18)19-5-20-14(10)23/h5-6,8,11-12,16,24-25H,2-4H2,1H3,(H,26,27)(H,28,29)(H,30,31)(H2,18,19,20)/t8-,11+,12+,16+/m1/s1. The lowest BCUT2D eigenvalue weighted by Crippen LogP contribution is -2.33. The Morgan fingerprint density at radius 3 is 2.58 bits per heavy atom. The Hall–Kier alpha value is -2.41. The number of nitrogens with zero attached hydrogens (tertiary/aromatic N) is 5. The van der Waals surface area contributed by atoms with E-state index in [9.17, 15) is 33.9 Å². The summed E-state index contributed by atoms with van der Waals surface area (Å²) in [5.74, 6) is -1.16. The SMILES string of the molecule is Cc1nc(C(=O)O)sc1CCOP(=O)(O)OP(=O)(O)OC[C@H]1O[C@H](n2cnc3c(N)ncnc32)[C@@H](O)[C@H]1O. The van der Waals surface area contributed by atoms with Crippen LogP contribution in [-0.2, 0) is 33.6 Å². The highest BCUT2D eigenvalue weighted by Gasteiger charge is 2.46. The number of nitrogen functional groups attached to an aromatic ring is 1. The van der Waals surface area contributed by atoms with Crippen LogP contribution >= 0.6 is 27.0 Å². The van der Waals surface area contributed by atoms with Gasteiger partial charge in [0.1, 0.15) is 30.2 Å². The topological polar surface area (TPSA) is 272 Å². The first kappa shape index (κ1) is 28.6. The van der Waals surface area contributed by atoms with Crippen LogP contribution in [0.25, 0.3) is 11.2 Å². The summed E-state index contributed by atoms with van der Waals surface area (Å²) in [5.41, 5.74) is 6.53. The largest absolute Gasteiger partial charge is 0.481 e. The molecule has 1 aliphatic rings. The molecular formula is C17H22N6O12P2S. The third kappa shape index (κ3) is 6.24. The number of ether oxygens (including phenoxy) is 1. The van der Waals surface area contributed by atoms with Crippen molar-refractivity contribution in [2.75, 3.05) is 18.9 Å². The molecule has 0 bridgehead atoms. The number of anilines is 1. The van der Waals surface area contributed by atoms with Crippen LogP contribution in [0.15, 0.2) is 12.7 Å². The van der Waals surface area contributed by atoms with Gasteiger partial charge in [-0.1, -0.05) is 0 Å². The summed E-state index contributed by atoms with van der Waals surface area (Å²) in [6, 6.07) is 0. The third-order valence-electron chi connectivity index (χ3n) is 5.27. The van der Waals surface area contributed by atoms with Crippen LogP contribution in [0.5, 0.6) is 0 Å². The summed E-state index contributed by atoms with van der Waals surface area (Å²) in [5, 5.41) is 29.6. The number of aryl methyl sites for hydroxylation is 1. The number of carboxylic acid groups (broad SMARTS) is 1. The lowest BCUT2D eigenvalue weighted by molar-refractivity contribution is -0.0504. The Morgan fingerprint density at radius 2 is 1.89 bits per heavy atom. The first-order chi connectivity index (χ1) is 17.8. The Labute approximate surface area is 216 Å². The van der Waals surface area contributed by atoms with Crippen LogP contribution < -0.4 is 5.73 Å². The molecule has 18 nitrogen and oxygen atoms in total. The minimum atomic E-state index is -5.22. The predicted octanol–water partition coefficient (Wildman–Crippen LogP) is -0.0159. The Balaban J connectivity index is 1.32. The van der Waals surface area contributed by atoms with Crippen molar-refractivity contribution in [1.82, 2.24) is 24.5 Å². The third-order valence-corrected chi connectivity index (χ3v) is 9.11. The highest BCUT2D eigenvalue weighted by molar-refractivity contribution is 7.61. The number of aliphatic hydroxyl groups excluding tert-OH is 2. The van der Waals surface area contributed by atoms with Gasteiger partial charge in [0.05, 0.1) is 25.2 Å². The summed E-state index contributed by atoms with van der Waals surface area (Å²) in [7, 11) is -10.3. The number of aliphatic hydroxyl groups is 2. The Bertz CT molecular complexity index is 1430. The number of phosphoric acid groups is 2. The Kier molecular flexibility index (Phi) is 8.27. The van der Waals surface area contributed by atoms with E-state index in [1.54, 1.807) is 6.92 Å². The van der Waals surface area contributed by atoms with Gasteiger partial charge in [0.25, 0.3) is 0 Å². The number of fused-ring (bicyclic) bond motifs is 1. The van der Waals surface area contributed by atoms with Crippen LogP contribution in [0.1, 0.15) is 26.6 Å². The van der Waals surface area contributed by atoms with E-state index in [1.807, 2.05) is 0 Å². The molecule has 0 aliphatic carbocycles. The molecule has 208 valence electrons. The van der Waals surface area contributed by atoms with E-state index >= 15 is 0 Å². The quantitative estimate of drug-likeness (QED) is 0.159. The summed E-state index contributed by atoms with van der Waals surface area (Å²) < 4.78 is 44.8. The zero-order chi connectivity index (χ0) is 27.8. The molecule has 4 heterocycles. The molecule has 0 radical (unpaired) electrons. The van der Waals surface area contributed by atoms with Gasteiger partial charge in [-0.3, -0.25) is 13.6 Å². The average Bonchev–Trinajstić information content (AvgIpc) is 3.49. The molecule has 0 saturated carbocycles. The first-order valence-electron chi connectivity index (χ1n) is 10.6. The molecule has 0 spiro atoms. The smallest absolute Gasteiger partial charge is 0.476 e. The molecule has 1 saturated heterocycles. The van der Waals surface area contributed by atoms with Crippen molar-refractivity contribution in [3.05, 3.63) is 28.2 Å². The number of carbonyl (C=O) groups is 1. The number of thiazole rings is 1. The number of rotatable bonds is 11. The van der Waals surface area contributed by atoms with Gasteiger partial charge in [0.2, 0.25) is 5.01 Å². The molecule has 4 rings (SSSR count). The number of aromatic carboxylic acids is 1. The van der Waals surface area contributed by atoms with Gasteiger partial charge in [-0.25, -0.2) is 33.9 Å². The molecule has 1 aliphatic heterocycles. The lowest BCUT2D eigenvalue weighted by atomic mass is 10.1. The molecule has 6 atom stereocenters. The van der Waals surface area contributed by atoms with Crippen molar-refractivity contribution in [2.24, 2.45) is 0 Å². The van der Waals surface area contributed by atoms with Gasteiger partial charge in [-0.15, -0.1) is 11.3 Å². The number of hydrogen-bond acceptors (Lipinski definition) is 15.